The van der Waals surface area contributed by atoms with Crippen LogP contribution in [0.3, 0.4) is 0 Å². The Bertz CT molecular complexity index is 1370. The van der Waals surface area contributed by atoms with Gasteiger partial charge in [-0.3, -0.25) is 4.79 Å². The molecule has 6 nitrogen and oxygen atoms in total. The van der Waals surface area contributed by atoms with Crippen molar-refractivity contribution in [1.29, 1.82) is 0 Å². The van der Waals surface area contributed by atoms with Crippen LogP contribution in [0.5, 0.6) is 5.75 Å². The number of fused-ring (bicyclic) bond motifs is 1. The van der Waals surface area contributed by atoms with E-state index in [4.69, 9.17) is 26.2 Å². The molecule has 5 rings (SSSR count). The molecule has 1 saturated carbocycles. The number of nitrogens with zero attached hydrogens (tertiary/aromatic N) is 1. The predicted molar refractivity (Wildman–Crippen MR) is 163 cm³/mol. The minimum absolute atomic E-state index is 0.0329. The van der Waals surface area contributed by atoms with Crippen molar-refractivity contribution in [3.63, 3.8) is 0 Å². The normalized spacial score (nSPS) is 22.8. The molecule has 45 heavy (non-hydrogen) atoms. The third-order valence-corrected chi connectivity index (χ3v) is 9.55. The monoisotopic (exact) mass is 655 g/mol. The molecule has 1 amide bonds. The van der Waals surface area contributed by atoms with Gasteiger partial charge in [0, 0.05) is 5.56 Å². The second kappa shape index (κ2) is 14.3. The van der Waals surface area contributed by atoms with Crippen molar-refractivity contribution in [2.75, 3.05) is 13.3 Å². The van der Waals surface area contributed by atoms with E-state index in [9.17, 15) is 27.2 Å². The smallest absolute Gasteiger partial charge is 0.416 e. The molecule has 0 bridgehead atoms. The molecular formula is C34H42ClF4NO5. The fourth-order valence-corrected chi connectivity index (χ4v) is 6.61. The second-order valence-corrected chi connectivity index (χ2v) is 13.1. The molecule has 2 fully saturated rings. The molecule has 1 saturated heterocycles. The van der Waals surface area contributed by atoms with Crippen LogP contribution in [0.15, 0.2) is 30.3 Å². The Morgan fingerprint density at radius 1 is 1.16 bits per heavy atom. The summed E-state index contributed by atoms with van der Waals surface area (Å²) >= 11 is 5.98. The minimum atomic E-state index is -4.51. The molecule has 2 aliphatic heterocycles. The molecule has 0 spiro atoms. The van der Waals surface area contributed by atoms with E-state index in [0.29, 0.717) is 30.8 Å². The van der Waals surface area contributed by atoms with Crippen molar-refractivity contribution < 1.29 is 41.7 Å². The lowest BCUT2D eigenvalue weighted by Gasteiger charge is -2.42. The zero-order valence-corrected chi connectivity index (χ0v) is 26.9. The molecule has 1 aliphatic carbocycles. The number of alkyl halides is 3. The fraction of sp³-hybridized carbons (Fsp3) is 0.588. The summed E-state index contributed by atoms with van der Waals surface area (Å²) in [5.74, 6) is -0.473. The van der Waals surface area contributed by atoms with Gasteiger partial charge in [0.15, 0.2) is 6.73 Å². The van der Waals surface area contributed by atoms with E-state index in [1.165, 1.54) is 17.0 Å². The van der Waals surface area contributed by atoms with Gasteiger partial charge in [0.1, 0.15) is 17.2 Å². The Morgan fingerprint density at radius 3 is 2.42 bits per heavy atom. The van der Waals surface area contributed by atoms with Crippen LogP contribution in [0.25, 0.3) is 0 Å². The number of carbonyl (C=O) groups excluding carboxylic acids is 1. The predicted octanol–water partition coefficient (Wildman–Crippen LogP) is 9.09. The minimum Gasteiger partial charge on any atom is -0.478 e. The number of carboxylic acids is 1. The number of rotatable bonds is 8. The Labute approximate surface area is 267 Å². The van der Waals surface area contributed by atoms with Crippen LogP contribution in [-0.4, -0.2) is 40.8 Å². The summed E-state index contributed by atoms with van der Waals surface area (Å²) in [5, 5.41) is 8.87. The number of carboxylic acid groups (broad SMARTS) is 1. The number of ether oxygens (including phenoxy) is 2. The highest BCUT2D eigenvalue weighted by atomic mass is 35.5. The Balaban J connectivity index is 0.000000224. The highest BCUT2D eigenvalue weighted by Gasteiger charge is 2.55. The first-order chi connectivity index (χ1) is 21.2. The maximum atomic E-state index is 13.4. The van der Waals surface area contributed by atoms with Gasteiger partial charge in [-0.1, -0.05) is 58.2 Å². The van der Waals surface area contributed by atoms with E-state index in [2.05, 4.69) is 27.7 Å². The standard InChI is InChI=1S/C19H21ClF3NO3.C15H21FO2/c1-11-4-5-18(27-9-11,13-2-3-13)17(25)24-8-12-6-14(19(21,22)23)7-15(20)16(12)26-10-24;1-4-6-12(10(3)5-2)11-7-8-14(16)13(9-11)15(17)18/h6-7,11,13H,2-5,8-10H2,1H3;7-10,12H,4-6H2,1-3H3,(H,17,18)/t;10?,12-/m.0/s1. The maximum absolute atomic E-state index is 13.4. The van der Waals surface area contributed by atoms with E-state index in [1.807, 2.05) is 0 Å². The average Bonchev–Trinajstić information content (AvgIpc) is 3.86. The van der Waals surface area contributed by atoms with Crippen molar-refractivity contribution in [3.8, 4) is 5.75 Å². The molecule has 1 N–H and O–H groups in total. The van der Waals surface area contributed by atoms with Crippen LogP contribution in [0, 0.1) is 23.6 Å². The highest BCUT2D eigenvalue weighted by molar-refractivity contribution is 6.32. The van der Waals surface area contributed by atoms with Crippen LogP contribution in [0.1, 0.15) is 106 Å². The second-order valence-electron chi connectivity index (χ2n) is 12.7. The van der Waals surface area contributed by atoms with Crippen molar-refractivity contribution >= 4 is 23.5 Å². The number of amides is 1. The molecule has 0 radical (unpaired) electrons. The van der Waals surface area contributed by atoms with E-state index in [0.717, 1.165) is 56.2 Å². The Morgan fingerprint density at radius 2 is 1.87 bits per heavy atom. The van der Waals surface area contributed by atoms with E-state index in [-0.39, 0.29) is 47.0 Å². The number of hydrogen-bond acceptors (Lipinski definition) is 4. The number of aromatic carboxylic acids is 1. The molecule has 4 atom stereocenters. The molecule has 3 aliphatic rings. The van der Waals surface area contributed by atoms with Gasteiger partial charge in [-0.15, -0.1) is 0 Å². The lowest BCUT2D eigenvalue weighted by atomic mass is 9.82. The summed E-state index contributed by atoms with van der Waals surface area (Å²) < 4.78 is 64.3. The summed E-state index contributed by atoms with van der Waals surface area (Å²) in [6.07, 6.45) is 1.98. The summed E-state index contributed by atoms with van der Waals surface area (Å²) in [5.41, 5.74) is -0.728. The summed E-state index contributed by atoms with van der Waals surface area (Å²) in [4.78, 5) is 25.7. The third-order valence-electron chi connectivity index (χ3n) is 9.27. The van der Waals surface area contributed by atoms with Gasteiger partial charge in [0.05, 0.1) is 29.3 Å². The Kier molecular flexibility index (Phi) is 11.1. The highest BCUT2D eigenvalue weighted by Crippen LogP contribution is 2.49. The van der Waals surface area contributed by atoms with Gasteiger partial charge in [-0.05, 0) is 85.6 Å². The number of halogens is 5. The van der Waals surface area contributed by atoms with Gasteiger partial charge < -0.3 is 19.5 Å². The first-order valence-corrected chi connectivity index (χ1v) is 16.1. The van der Waals surface area contributed by atoms with Crippen molar-refractivity contribution in [2.24, 2.45) is 17.8 Å². The molecule has 11 heteroatoms. The fourth-order valence-electron chi connectivity index (χ4n) is 6.32. The van der Waals surface area contributed by atoms with E-state index >= 15 is 0 Å². The van der Waals surface area contributed by atoms with Crippen LogP contribution in [0.4, 0.5) is 17.6 Å². The van der Waals surface area contributed by atoms with Gasteiger partial charge in [-0.25, -0.2) is 9.18 Å². The topological polar surface area (TPSA) is 76.1 Å². The van der Waals surface area contributed by atoms with Crippen LogP contribution in [0.2, 0.25) is 5.02 Å². The third kappa shape index (κ3) is 7.94. The summed E-state index contributed by atoms with van der Waals surface area (Å²) in [7, 11) is 0. The molecule has 248 valence electrons. The lowest BCUT2D eigenvalue weighted by Crippen LogP contribution is -2.56. The van der Waals surface area contributed by atoms with E-state index in [1.54, 1.807) is 6.07 Å². The number of carbonyl (C=O) groups is 2. The summed E-state index contributed by atoms with van der Waals surface area (Å²) in [6, 6.07) is 6.34. The SMILES string of the molecule is CC1CCC(C(=O)N2COc3c(Cl)cc(C(F)(F)F)cc3C2)(C2CC2)OC1.CCC[C@H](c1ccc(F)c(C(=O)O)c1)C(C)CC. The molecular weight excluding hydrogens is 614 g/mol. The van der Waals surface area contributed by atoms with Crippen molar-refractivity contribution in [3.05, 3.63) is 63.4 Å². The van der Waals surface area contributed by atoms with Crippen LogP contribution < -0.4 is 4.74 Å². The first kappa shape index (κ1) is 35.0. The Hall–Kier alpha value is -2.85. The average molecular weight is 656 g/mol. The summed E-state index contributed by atoms with van der Waals surface area (Å²) in [6.45, 7) is 8.99. The van der Waals surface area contributed by atoms with Gasteiger partial charge in [0.25, 0.3) is 5.91 Å². The van der Waals surface area contributed by atoms with Crippen LogP contribution in [-0.2, 0) is 22.3 Å². The van der Waals surface area contributed by atoms with Crippen molar-refractivity contribution in [2.45, 2.75) is 96.9 Å². The molecule has 0 aromatic heterocycles. The van der Waals surface area contributed by atoms with Crippen LogP contribution >= 0.6 is 11.6 Å². The zero-order valence-electron chi connectivity index (χ0n) is 26.2. The zero-order chi connectivity index (χ0) is 33.1. The van der Waals surface area contributed by atoms with E-state index < -0.39 is 29.1 Å². The van der Waals surface area contributed by atoms with Gasteiger partial charge >= 0.3 is 12.1 Å². The molecule has 3 unspecified atom stereocenters. The largest absolute Gasteiger partial charge is 0.478 e. The van der Waals surface area contributed by atoms with Crippen molar-refractivity contribution in [1.82, 2.24) is 4.90 Å². The molecule has 2 heterocycles. The maximum Gasteiger partial charge on any atom is 0.416 e. The molecule has 2 aromatic carbocycles. The van der Waals surface area contributed by atoms with Gasteiger partial charge in [-0.2, -0.15) is 13.2 Å². The molecule has 2 aromatic rings. The lowest BCUT2D eigenvalue weighted by molar-refractivity contribution is -0.177. The number of hydrogen-bond donors (Lipinski definition) is 1. The first-order valence-electron chi connectivity index (χ1n) is 15.7. The van der Waals surface area contributed by atoms with Gasteiger partial charge in [0.2, 0.25) is 0 Å². The quantitative estimate of drug-likeness (QED) is 0.287. The number of benzene rings is 2.